The fourth-order valence-corrected chi connectivity index (χ4v) is 2.52. The van der Waals surface area contributed by atoms with Gasteiger partial charge in [-0.3, -0.25) is 0 Å². The third-order valence-corrected chi connectivity index (χ3v) is 3.44. The van der Waals surface area contributed by atoms with E-state index in [-0.39, 0.29) is 5.82 Å². The van der Waals surface area contributed by atoms with E-state index in [1.54, 1.807) is 12.1 Å². The molecule has 2 aromatic rings. The molecule has 2 N–H and O–H groups in total. The molecule has 3 nitrogen and oxygen atoms in total. The minimum absolute atomic E-state index is 0.215. The van der Waals surface area contributed by atoms with E-state index in [2.05, 4.69) is 10.2 Å². The molecule has 0 aliphatic heterocycles. The first-order valence-corrected chi connectivity index (χ1v) is 6.11. The lowest BCUT2D eigenvalue weighted by Crippen LogP contribution is -2.06. The van der Waals surface area contributed by atoms with Crippen LogP contribution >= 0.6 is 0 Å². The van der Waals surface area contributed by atoms with E-state index in [1.807, 2.05) is 0 Å². The molecule has 1 heterocycles. The van der Waals surface area contributed by atoms with Crippen LogP contribution in [0, 0.1) is 5.82 Å². The van der Waals surface area contributed by atoms with Crippen LogP contribution in [0.1, 0.15) is 28.8 Å². The standard InChI is InChI=1S/C14H14FN3/c15-10-6-4-9(5-7-10)8-13-11-2-1-3-12(11)14(16)18-17-13/h4-7H,1-3,8H2,(H2,16,18). The third kappa shape index (κ3) is 1.94. The Morgan fingerprint density at radius 2 is 1.78 bits per heavy atom. The van der Waals surface area contributed by atoms with Gasteiger partial charge < -0.3 is 5.73 Å². The normalized spacial score (nSPS) is 13.6. The fraction of sp³-hybridized carbons (Fsp3) is 0.286. The first kappa shape index (κ1) is 11.1. The summed E-state index contributed by atoms with van der Waals surface area (Å²) in [5.41, 5.74) is 10.2. The molecule has 0 fully saturated rings. The molecule has 1 aromatic heterocycles. The van der Waals surface area contributed by atoms with E-state index in [0.29, 0.717) is 12.2 Å². The van der Waals surface area contributed by atoms with Gasteiger partial charge in [-0.25, -0.2) is 4.39 Å². The van der Waals surface area contributed by atoms with Crippen molar-refractivity contribution in [3.63, 3.8) is 0 Å². The van der Waals surface area contributed by atoms with Gasteiger partial charge in [-0.1, -0.05) is 12.1 Å². The van der Waals surface area contributed by atoms with Crippen molar-refractivity contribution < 1.29 is 4.39 Å². The molecule has 0 spiro atoms. The number of anilines is 1. The number of aromatic nitrogens is 2. The molecule has 4 heteroatoms. The average Bonchev–Trinajstić information content (AvgIpc) is 2.86. The lowest BCUT2D eigenvalue weighted by atomic mass is 10.0. The fourth-order valence-electron chi connectivity index (χ4n) is 2.52. The van der Waals surface area contributed by atoms with E-state index < -0.39 is 0 Å². The third-order valence-electron chi connectivity index (χ3n) is 3.44. The zero-order valence-corrected chi connectivity index (χ0v) is 9.99. The maximum absolute atomic E-state index is 12.9. The Hall–Kier alpha value is -1.97. The Labute approximate surface area is 105 Å². The Morgan fingerprint density at radius 3 is 2.56 bits per heavy atom. The van der Waals surface area contributed by atoms with Gasteiger partial charge >= 0.3 is 0 Å². The van der Waals surface area contributed by atoms with Crippen LogP contribution in [0.4, 0.5) is 10.2 Å². The topological polar surface area (TPSA) is 51.8 Å². The summed E-state index contributed by atoms with van der Waals surface area (Å²) in [6, 6.07) is 6.52. The smallest absolute Gasteiger partial charge is 0.149 e. The number of halogens is 1. The van der Waals surface area contributed by atoms with Gasteiger partial charge in [-0.15, -0.1) is 5.10 Å². The van der Waals surface area contributed by atoms with Crippen molar-refractivity contribution in [1.29, 1.82) is 0 Å². The lowest BCUT2D eigenvalue weighted by Gasteiger charge is -2.08. The highest BCUT2D eigenvalue weighted by atomic mass is 19.1. The Balaban J connectivity index is 1.94. The summed E-state index contributed by atoms with van der Waals surface area (Å²) in [4.78, 5) is 0. The highest BCUT2D eigenvalue weighted by molar-refractivity contribution is 5.48. The molecule has 1 aliphatic carbocycles. The van der Waals surface area contributed by atoms with Crippen LogP contribution < -0.4 is 5.73 Å². The second-order valence-electron chi connectivity index (χ2n) is 4.65. The minimum atomic E-state index is -0.215. The predicted octanol–water partition coefficient (Wildman–Crippen LogP) is 2.28. The van der Waals surface area contributed by atoms with Gasteiger partial charge in [-0.2, -0.15) is 5.10 Å². The summed E-state index contributed by atoms with van der Waals surface area (Å²) in [5, 5.41) is 8.22. The van der Waals surface area contributed by atoms with Gasteiger partial charge in [0.05, 0.1) is 5.69 Å². The van der Waals surface area contributed by atoms with Gasteiger partial charge in [0.2, 0.25) is 0 Å². The van der Waals surface area contributed by atoms with Crippen LogP contribution in [-0.4, -0.2) is 10.2 Å². The number of hydrogen-bond acceptors (Lipinski definition) is 3. The number of nitrogen functional groups attached to an aromatic ring is 1. The zero-order chi connectivity index (χ0) is 12.5. The number of nitrogens with zero attached hydrogens (tertiary/aromatic N) is 2. The summed E-state index contributed by atoms with van der Waals surface area (Å²) < 4.78 is 12.9. The minimum Gasteiger partial charge on any atom is -0.382 e. The molecule has 92 valence electrons. The van der Waals surface area contributed by atoms with E-state index in [1.165, 1.54) is 17.7 Å². The summed E-state index contributed by atoms with van der Waals surface area (Å²) in [6.45, 7) is 0. The quantitative estimate of drug-likeness (QED) is 0.880. The van der Waals surface area contributed by atoms with Crippen LogP contribution in [-0.2, 0) is 19.3 Å². The van der Waals surface area contributed by atoms with Gasteiger partial charge in [0, 0.05) is 12.0 Å². The molecule has 1 aromatic carbocycles. The maximum atomic E-state index is 12.9. The Bertz CT molecular complexity index is 578. The Morgan fingerprint density at radius 1 is 1.06 bits per heavy atom. The molecule has 0 radical (unpaired) electrons. The monoisotopic (exact) mass is 243 g/mol. The van der Waals surface area contributed by atoms with Gasteiger partial charge in [0.1, 0.15) is 11.6 Å². The van der Waals surface area contributed by atoms with E-state index in [4.69, 9.17) is 5.73 Å². The van der Waals surface area contributed by atoms with Crippen molar-refractivity contribution in [2.75, 3.05) is 5.73 Å². The van der Waals surface area contributed by atoms with Crippen LogP contribution in [0.15, 0.2) is 24.3 Å². The number of hydrogen-bond donors (Lipinski definition) is 1. The van der Waals surface area contributed by atoms with Crippen molar-refractivity contribution in [3.05, 3.63) is 52.5 Å². The van der Waals surface area contributed by atoms with Crippen LogP contribution in [0.5, 0.6) is 0 Å². The highest BCUT2D eigenvalue weighted by Gasteiger charge is 2.19. The van der Waals surface area contributed by atoms with Crippen LogP contribution in [0.3, 0.4) is 0 Å². The molecule has 1 aliphatic rings. The van der Waals surface area contributed by atoms with E-state index in [0.717, 1.165) is 36.1 Å². The number of rotatable bonds is 2. The second kappa shape index (κ2) is 4.37. The van der Waals surface area contributed by atoms with Crippen LogP contribution in [0.25, 0.3) is 0 Å². The first-order chi connectivity index (χ1) is 8.74. The molecule has 3 rings (SSSR count). The average molecular weight is 243 g/mol. The largest absolute Gasteiger partial charge is 0.382 e. The van der Waals surface area contributed by atoms with Crippen molar-refractivity contribution in [3.8, 4) is 0 Å². The number of nitrogens with two attached hydrogens (primary N) is 1. The van der Waals surface area contributed by atoms with Gasteiger partial charge in [0.25, 0.3) is 0 Å². The predicted molar refractivity (Wildman–Crippen MR) is 67.7 cm³/mol. The molecule has 0 saturated heterocycles. The Kier molecular flexibility index (Phi) is 2.70. The van der Waals surface area contributed by atoms with Gasteiger partial charge in [0.15, 0.2) is 0 Å². The summed E-state index contributed by atoms with van der Waals surface area (Å²) in [6.07, 6.45) is 3.82. The second-order valence-corrected chi connectivity index (χ2v) is 4.65. The number of fused-ring (bicyclic) bond motifs is 1. The summed E-state index contributed by atoms with van der Waals surface area (Å²) in [5.74, 6) is 0.345. The van der Waals surface area contributed by atoms with Gasteiger partial charge in [-0.05, 0) is 42.5 Å². The molecule has 0 bridgehead atoms. The number of benzene rings is 1. The molecular weight excluding hydrogens is 229 g/mol. The molecule has 0 saturated carbocycles. The molecule has 0 atom stereocenters. The maximum Gasteiger partial charge on any atom is 0.149 e. The lowest BCUT2D eigenvalue weighted by molar-refractivity contribution is 0.627. The molecule has 0 unspecified atom stereocenters. The van der Waals surface area contributed by atoms with Crippen molar-refractivity contribution in [1.82, 2.24) is 10.2 Å². The van der Waals surface area contributed by atoms with Crippen molar-refractivity contribution in [2.45, 2.75) is 25.7 Å². The van der Waals surface area contributed by atoms with Crippen molar-refractivity contribution >= 4 is 5.82 Å². The summed E-state index contributed by atoms with van der Waals surface area (Å²) >= 11 is 0. The summed E-state index contributed by atoms with van der Waals surface area (Å²) in [7, 11) is 0. The first-order valence-electron chi connectivity index (χ1n) is 6.11. The molecule has 18 heavy (non-hydrogen) atoms. The molecular formula is C14H14FN3. The highest BCUT2D eigenvalue weighted by Crippen LogP contribution is 2.28. The zero-order valence-electron chi connectivity index (χ0n) is 9.99. The van der Waals surface area contributed by atoms with Crippen LogP contribution in [0.2, 0.25) is 0 Å². The SMILES string of the molecule is Nc1nnc(Cc2ccc(F)cc2)c2c1CCC2. The van der Waals surface area contributed by atoms with Crippen molar-refractivity contribution in [2.24, 2.45) is 0 Å². The van der Waals surface area contributed by atoms with E-state index >= 15 is 0 Å². The van der Waals surface area contributed by atoms with E-state index in [9.17, 15) is 4.39 Å². The molecule has 0 amide bonds.